The first kappa shape index (κ1) is 24.1. The van der Waals surface area contributed by atoms with Gasteiger partial charge in [-0.1, -0.05) is 6.92 Å². The van der Waals surface area contributed by atoms with Crippen LogP contribution in [0, 0.1) is 5.82 Å². The number of aromatic nitrogens is 4. The highest BCUT2D eigenvalue weighted by Crippen LogP contribution is 2.36. The first-order chi connectivity index (χ1) is 17.9. The predicted octanol–water partition coefficient (Wildman–Crippen LogP) is 1.77. The number of nitrogen functional groups attached to an aromatic ring is 1. The number of carbonyl (C=O) groups excluding carboxylic acids is 1. The van der Waals surface area contributed by atoms with Crippen molar-refractivity contribution in [3.05, 3.63) is 41.7 Å². The molecule has 1 atom stereocenters. The summed E-state index contributed by atoms with van der Waals surface area (Å²) in [6.07, 6.45) is 7.94. The Kier molecular flexibility index (Phi) is 5.99. The van der Waals surface area contributed by atoms with Crippen molar-refractivity contribution in [1.82, 2.24) is 29.7 Å². The number of imidazole rings is 1. The Hall–Kier alpha value is -3.31. The lowest BCUT2D eigenvalue weighted by Gasteiger charge is -2.29. The van der Waals surface area contributed by atoms with Crippen molar-refractivity contribution in [2.75, 3.05) is 30.3 Å². The van der Waals surface area contributed by atoms with Crippen molar-refractivity contribution in [3.63, 3.8) is 0 Å². The highest BCUT2D eigenvalue weighted by Gasteiger charge is 2.43. The molecule has 1 unspecified atom stereocenters. The zero-order valence-electron chi connectivity index (χ0n) is 21.2. The van der Waals surface area contributed by atoms with Crippen LogP contribution in [0.5, 0.6) is 0 Å². The van der Waals surface area contributed by atoms with Crippen LogP contribution in [0.3, 0.4) is 0 Å². The number of benzene rings is 1. The molecule has 1 aromatic carbocycles. The molecule has 37 heavy (non-hydrogen) atoms. The van der Waals surface area contributed by atoms with Crippen molar-refractivity contribution in [3.8, 4) is 0 Å². The number of carbonyl (C=O) groups is 1. The summed E-state index contributed by atoms with van der Waals surface area (Å²) >= 11 is 0. The first-order valence-electron chi connectivity index (χ1n) is 13.2. The Balaban J connectivity index is 1.38. The molecular formula is C26H34FN9O. The minimum atomic E-state index is -0.971. The van der Waals surface area contributed by atoms with Crippen LogP contribution >= 0.6 is 0 Å². The van der Waals surface area contributed by atoms with Crippen LogP contribution in [-0.2, 0) is 17.9 Å². The molecule has 2 aromatic heterocycles. The van der Waals surface area contributed by atoms with E-state index in [4.69, 9.17) is 11.5 Å². The molecule has 3 fully saturated rings. The fourth-order valence-corrected chi connectivity index (χ4v) is 5.40. The fraction of sp³-hybridized carbons (Fsp3) is 0.538. The van der Waals surface area contributed by atoms with E-state index < -0.39 is 5.54 Å². The van der Waals surface area contributed by atoms with Gasteiger partial charge in [-0.2, -0.15) is 0 Å². The number of rotatable bonds is 9. The average Bonchev–Trinajstić information content (AvgIpc) is 3.81. The Morgan fingerprint density at radius 3 is 2.76 bits per heavy atom. The second kappa shape index (κ2) is 9.21. The predicted molar refractivity (Wildman–Crippen MR) is 139 cm³/mol. The second-order valence-corrected chi connectivity index (χ2v) is 10.7. The van der Waals surface area contributed by atoms with Crippen LogP contribution in [0.2, 0.25) is 0 Å². The van der Waals surface area contributed by atoms with Crippen molar-refractivity contribution in [2.24, 2.45) is 5.73 Å². The van der Waals surface area contributed by atoms with Crippen LogP contribution in [0.15, 0.2) is 24.8 Å². The Bertz CT molecular complexity index is 1340. The molecular weight excluding hydrogens is 473 g/mol. The summed E-state index contributed by atoms with van der Waals surface area (Å²) in [4.78, 5) is 30.2. The molecule has 3 aromatic rings. The Morgan fingerprint density at radius 2 is 2.03 bits per heavy atom. The van der Waals surface area contributed by atoms with Gasteiger partial charge < -0.3 is 26.3 Å². The van der Waals surface area contributed by atoms with Gasteiger partial charge in [-0.3, -0.25) is 9.69 Å². The summed E-state index contributed by atoms with van der Waals surface area (Å²) in [5, 5.41) is 3.06. The third-order valence-electron chi connectivity index (χ3n) is 7.94. The van der Waals surface area contributed by atoms with Gasteiger partial charge in [0.25, 0.3) is 0 Å². The maximum Gasteiger partial charge on any atom is 0.242 e. The molecule has 1 saturated heterocycles. The van der Waals surface area contributed by atoms with E-state index >= 15 is 4.39 Å². The molecule has 196 valence electrons. The summed E-state index contributed by atoms with van der Waals surface area (Å²) in [6, 6.07) is 4.11. The van der Waals surface area contributed by atoms with E-state index in [2.05, 4.69) is 37.0 Å². The van der Waals surface area contributed by atoms with E-state index in [0.29, 0.717) is 61.2 Å². The third kappa shape index (κ3) is 4.61. The molecule has 10 nitrogen and oxygen atoms in total. The second-order valence-electron chi connectivity index (χ2n) is 10.7. The van der Waals surface area contributed by atoms with E-state index in [1.54, 1.807) is 12.4 Å². The van der Waals surface area contributed by atoms with Gasteiger partial charge in [0.2, 0.25) is 5.91 Å². The normalized spacial score (nSPS) is 21.8. The number of halogens is 1. The van der Waals surface area contributed by atoms with E-state index in [1.807, 2.05) is 10.6 Å². The zero-order valence-corrected chi connectivity index (χ0v) is 21.2. The lowest BCUT2D eigenvalue weighted by Crippen LogP contribution is -2.56. The lowest BCUT2D eigenvalue weighted by molar-refractivity contribution is -0.125. The molecule has 0 spiro atoms. The first-order valence-corrected chi connectivity index (χ1v) is 13.2. The molecule has 0 radical (unpaired) electrons. The number of hydrogen-bond donors (Lipinski definition) is 3. The molecule has 5 N–H and O–H groups in total. The number of fused-ring (bicyclic) bond motifs is 1. The quantitative estimate of drug-likeness (QED) is 0.399. The fourth-order valence-electron chi connectivity index (χ4n) is 5.40. The number of anilines is 2. The topological polar surface area (TPSA) is 131 Å². The maximum absolute atomic E-state index is 15.5. The smallest absolute Gasteiger partial charge is 0.242 e. The van der Waals surface area contributed by atoms with Gasteiger partial charge in [0.05, 0.1) is 12.9 Å². The van der Waals surface area contributed by atoms with Crippen LogP contribution in [0.25, 0.3) is 11.2 Å². The molecule has 0 bridgehead atoms. The third-order valence-corrected chi connectivity index (χ3v) is 7.94. The minimum Gasteiger partial charge on any atom is -0.382 e. The molecule has 1 amide bonds. The molecule has 11 heteroatoms. The maximum atomic E-state index is 15.5. The molecule has 2 aliphatic carbocycles. The molecule has 3 heterocycles. The van der Waals surface area contributed by atoms with Gasteiger partial charge in [-0.15, -0.1) is 0 Å². The van der Waals surface area contributed by atoms with Crippen molar-refractivity contribution in [2.45, 2.75) is 69.7 Å². The van der Waals surface area contributed by atoms with Gasteiger partial charge in [-0.05, 0) is 50.8 Å². The number of nitrogens with two attached hydrogens (primary N) is 2. The van der Waals surface area contributed by atoms with Crippen molar-refractivity contribution in [1.29, 1.82) is 0 Å². The van der Waals surface area contributed by atoms with Gasteiger partial charge >= 0.3 is 0 Å². The highest BCUT2D eigenvalue weighted by molar-refractivity contribution is 5.88. The summed E-state index contributed by atoms with van der Waals surface area (Å²) < 4.78 is 17.4. The summed E-state index contributed by atoms with van der Waals surface area (Å²) in [6.45, 7) is 4.84. The number of hydrogen-bond acceptors (Lipinski definition) is 8. The van der Waals surface area contributed by atoms with Crippen molar-refractivity contribution >= 4 is 28.6 Å². The zero-order chi connectivity index (χ0) is 25.7. The van der Waals surface area contributed by atoms with Crippen LogP contribution < -0.4 is 21.7 Å². The summed E-state index contributed by atoms with van der Waals surface area (Å²) in [7, 11) is 0. The summed E-state index contributed by atoms with van der Waals surface area (Å²) in [5.74, 6) is -0.0235. The van der Waals surface area contributed by atoms with E-state index in [9.17, 15) is 4.79 Å². The number of amides is 1. The largest absolute Gasteiger partial charge is 0.382 e. The van der Waals surface area contributed by atoms with Crippen LogP contribution in [0.1, 0.15) is 50.2 Å². The van der Waals surface area contributed by atoms with Crippen LogP contribution in [-0.4, -0.2) is 67.6 Å². The highest BCUT2D eigenvalue weighted by atomic mass is 19.1. The summed E-state index contributed by atoms with van der Waals surface area (Å²) in [5.41, 5.74) is 15.2. The lowest BCUT2D eigenvalue weighted by atomic mass is 9.98. The SMILES string of the molecule is CCN(Cc1c(F)ccc(N2CCC(N)(C(=O)NC3CC3)C2)c1Cn1cnc2c(N)ncnc21)C1CC1. The molecule has 1 aliphatic heterocycles. The monoisotopic (exact) mass is 507 g/mol. The molecule has 3 aliphatic rings. The van der Waals surface area contributed by atoms with Gasteiger partial charge in [0.1, 0.15) is 23.2 Å². The number of nitrogens with zero attached hydrogens (tertiary/aromatic N) is 6. The standard InChI is InChI=1S/C26H34FN9O/c1-2-34(17-5-6-17)11-18-19(12-36-15-32-22-23(28)30-14-31-24(22)36)21(8-7-20(18)27)35-10-9-26(29,13-35)25(37)33-16-3-4-16/h7-8,14-17H,2-6,9-13,29H2,1H3,(H,33,37)(H2,28,30,31). The van der Waals surface area contributed by atoms with Gasteiger partial charge in [-0.25, -0.2) is 19.3 Å². The number of nitrogens with one attached hydrogen (secondary N) is 1. The minimum absolute atomic E-state index is 0.0972. The van der Waals surface area contributed by atoms with Gasteiger partial charge in [0.15, 0.2) is 11.5 Å². The van der Waals surface area contributed by atoms with Crippen molar-refractivity contribution < 1.29 is 9.18 Å². The molecule has 6 rings (SSSR count). The molecule has 2 saturated carbocycles. The van der Waals surface area contributed by atoms with E-state index in [0.717, 1.165) is 43.5 Å². The van der Waals surface area contributed by atoms with Crippen LogP contribution in [0.4, 0.5) is 15.9 Å². The van der Waals surface area contributed by atoms with Gasteiger partial charge in [0, 0.05) is 48.5 Å². The Morgan fingerprint density at radius 1 is 1.22 bits per heavy atom. The average molecular weight is 508 g/mol. The van der Waals surface area contributed by atoms with E-state index in [-0.39, 0.29) is 17.8 Å². The Labute approximate surface area is 215 Å². The van der Waals surface area contributed by atoms with E-state index in [1.165, 1.54) is 6.33 Å².